The van der Waals surface area contributed by atoms with Crippen LogP contribution in [0, 0.1) is 0 Å². The van der Waals surface area contributed by atoms with E-state index in [0.717, 1.165) is 27.3 Å². The number of aromatic nitrogens is 1. The normalized spacial score (nSPS) is 10.6. The van der Waals surface area contributed by atoms with Gasteiger partial charge in [0, 0.05) is 27.9 Å². The second-order valence-electron chi connectivity index (χ2n) is 6.82. The third kappa shape index (κ3) is 4.74. The zero-order valence-electron chi connectivity index (χ0n) is 16.7. The average Bonchev–Trinajstić information content (AvgIpc) is 2.81. The molecule has 2 N–H and O–H groups in total. The van der Waals surface area contributed by atoms with E-state index >= 15 is 0 Å². The number of thioether (sulfide) groups is 1. The van der Waals surface area contributed by atoms with Gasteiger partial charge in [-0.15, -0.1) is 11.8 Å². The van der Waals surface area contributed by atoms with Crippen LogP contribution in [0.2, 0.25) is 5.02 Å². The standard InChI is InChI=1S/C25H19ClN2O2S/c1-31-19-10-11-20(21(15-19)16-5-8-18(29)9-6-16)25(30)28-17-7-12-23(26)22(14-17)24-4-2-3-13-27-24/h2-15,29H,1H3,(H,28,30). The Morgan fingerprint density at radius 1 is 0.968 bits per heavy atom. The Hall–Kier alpha value is -3.28. The number of aromatic hydroxyl groups is 1. The van der Waals surface area contributed by atoms with Gasteiger partial charge in [-0.3, -0.25) is 9.78 Å². The SMILES string of the molecule is CSc1ccc(C(=O)Nc2ccc(Cl)c(-c3ccccn3)c2)c(-c2ccc(O)cc2)c1. The van der Waals surface area contributed by atoms with Crippen molar-refractivity contribution in [1.29, 1.82) is 0 Å². The summed E-state index contributed by atoms with van der Waals surface area (Å²) in [5.74, 6) is -0.0518. The Labute approximate surface area is 189 Å². The monoisotopic (exact) mass is 446 g/mol. The molecule has 0 atom stereocenters. The number of pyridine rings is 1. The number of amides is 1. The molecule has 0 saturated carbocycles. The minimum Gasteiger partial charge on any atom is -0.508 e. The van der Waals surface area contributed by atoms with E-state index in [1.165, 1.54) is 0 Å². The lowest BCUT2D eigenvalue weighted by Crippen LogP contribution is -2.13. The molecular weight excluding hydrogens is 428 g/mol. The number of hydrogen-bond donors (Lipinski definition) is 2. The first-order chi connectivity index (χ1) is 15.0. The van der Waals surface area contributed by atoms with Crippen LogP contribution in [-0.4, -0.2) is 22.3 Å². The van der Waals surface area contributed by atoms with E-state index in [9.17, 15) is 9.90 Å². The Balaban J connectivity index is 1.69. The summed E-state index contributed by atoms with van der Waals surface area (Å²) in [6.45, 7) is 0. The molecule has 0 aliphatic carbocycles. The van der Waals surface area contributed by atoms with Gasteiger partial charge in [-0.25, -0.2) is 0 Å². The van der Waals surface area contributed by atoms with Crippen molar-refractivity contribution in [2.24, 2.45) is 0 Å². The molecule has 0 saturated heterocycles. The Morgan fingerprint density at radius 3 is 2.48 bits per heavy atom. The number of benzene rings is 3. The number of phenolic OH excluding ortho intramolecular Hbond substituents is 1. The van der Waals surface area contributed by atoms with E-state index < -0.39 is 0 Å². The molecule has 154 valence electrons. The smallest absolute Gasteiger partial charge is 0.256 e. The summed E-state index contributed by atoms with van der Waals surface area (Å²) in [6.07, 6.45) is 3.69. The molecule has 4 nitrogen and oxygen atoms in total. The van der Waals surface area contributed by atoms with Gasteiger partial charge in [0.25, 0.3) is 5.91 Å². The third-order valence-electron chi connectivity index (χ3n) is 4.81. The van der Waals surface area contributed by atoms with Crippen molar-refractivity contribution in [3.63, 3.8) is 0 Å². The quantitative estimate of drug-likeness (QED) is 0.333. The summed E-state index contributed by atoms with van der Waals surface area (Å²) in [6, 6.07) is 23.5. The molecule has 31 heavy (non-hydrogen) atoms. The van der Waals surface area contributed by atoms with Crippen molar-refractivity contribution in [1.82, 2.24) is 4.98 Å². The van der Waals surface area contributed by atoms with Crippen molar-refractivity contribution in [2.75, 3.05) is 11.6 Å². The second-order valence-corrected chi connectivity index (χ2v) is 8.11. The summed E-state index contributed by atoms with van der Waals surface area (Å²) in [5.41, 5.74) is 4.29. The van der Waals surface area contributed by atoms with Gasteiger partial charge >= 0.3 is 0 Å². The first kappa shape index (κ1) is 21.0. The number of rotatable bonds is 5. The average molecular weight is 447 g/mol. The summed E-state index contributed by atoms with van der Waals surface area (Å²) < 4.78 is 0. The van der Waals surface area contributed by atoms with Crippen molar-refractivity contribution in [2.45, 2.75) is 4.90 Å². The van der Waals surface area contributed by atoms with E-state index in [2.05, 4.69) is 10.3 Å². The highest BCUT2D eigenvalue weighted by Gasteiger charge is 2.15. The van der Waals surface area contributed by atoms with Crippen molar-refractivity contribution < 1.29 is 9.90 Å². The fourth-order valence-electron chi connectivity index (χ4n) is 3.25. The van der Waals surface area contributed by atoms with Gasteiger partial charge in [0.15, 0.2) is 0 Å². The van der Waals surface area contributed by atoms with Crippen LogP contribution in [0.1, 0.15) is 10.4 Å². The first-order valence-electron chi connectivity index (χ1n) is 9.55. The predicted molar refractivity (Wildman–Crippen MR) is 128 cm³/mol. The largest absolute Gasteiger partial charge is 0.508 e. The lowest BCUT2D eigenvalue weighted by atomic mass is 9.99. The number of anilines is 1. The third-order valence-corrected chi connectivity index (χ3v) is 5.87. The number of phenols is 1. The van der Waals surface area contributed by atoms with Crippen molar-refractivity contribution >= 4 is 35.0 Å². The maximum Gasteiger partial charge on any atom is 0.256 e. The molecule has 0 spiro atoms. The van der Waals surface area contributed by atoms with E-state index in [0.29, 0.717) is 16.3 Å². The van der Waals surface area contributed by atoms with Crippen molar-refractivity contribution in [3.8, 4) is 28.1 Å². The summed E-state index contributed by atoms with van der Waals surface area (Å²) >= 11 is 7.96. The van der Waals surface area contributed by atoms with Crippen LogP contribution in [0.5, 0.6) is 5.75 Å². The number of nitrogens with zero attached hydrogens (tertiary/aromatic N) is 1. The molecule has 6 heteroatoms. The summed E-state index contributed by atoms with van der Waals surface area (Å²) in [5, 5.41) is 13.2. The molecule has 0 radical (unpaired) electrons. The van der Waals surface area contributed by atoms with Gasteiger partial charge < -0.3 is 10.4 Å². The van der Waals surface area contributed by atoms with Gasteiger partial charge in [-0.2, -0.15) is 0 Å². The highest BCUT2D eigenvalue weighted by molar-refractivity contribution is 7.98. The molecule has 0 aliphatic rings. The molecule has 0 fully saturated rings. The highest BCUT2D eigenvalue weighted by Crippen LogP contribution is 2.32. The molecule has 4 rings (SSSR count). The van der Waals surface area contributed by atoms with Crippen LogP contribution in [0.4, 0.5) is 5.69 Å². The zero-order chi connectivity index (χ0) is 21.8. The van der Waals surface area contributed by atoms with Crippen LogP contribution in [-0.2, 0) is 0 Å². The molecule has 0 unspecified atom stereocenters. The molecule has 1 aromatic heterocycles. The molecule has 1 heterocycles. The molecule has 4 aromatic rings. The Morgan fingerprint density at radius 2 is 1.77 bits per heavy atom. The maximum atomic E-state index is 13.2. The predicted octanol–water partition coefficient (Wildman–Crippen LogP) is 6.75. The lowest BCUT2D eigenvalue weighted by molar-refractivity contribution is 0.102. The molecular formula is C25H19ClN2O2S. The number of carbonyl (C=O) groups excluding carboxylic acids is 1. The fraction of sp³-hybridized carbons (Fsp3) is 0.0400. The van der Waals surface area contributed by atoms with Crippen LogP contribution < -0.4 is 5.32 Å². The topological polar surface area (TPSA) is 62.2 Å². The van der Waals surface area contributed by atoms with Gasteiger partial charge in [0.05, 0.1) is 10.7 Å². The van der Waals surface area contributed by atoms with Crippen LogP contribution in [0.3, 0.4) is 0 Å². The van der Waals surface area contributed by atoms with Gasteiger partial charge in [-0.05, 0) is 78.0 Å². The van der Waals surface area contributed by atoms with E-state index in [1.807, 2.05) is 48.7 Å². The number of carbonyl (C=O) groups is 1. The molecule has 0 aliphatic heterocycles. The van der Waals surface area contributed by atoms with Crippen LogP contribution in [0.15, 0.2) is 90.0 Å². The second kappa shape index (κ2) is 9.25. The van der Waals surface area contributed by atoms with Crippen LogP contribution >= 0.6 is 23.4 Å². The van der Waals surface area contributed by atoms with Gasteiger partial charge in [0.2, 0.25) is 0 Å². The van der Waals surface area contributed by atoms with Gasteiger partial charge in [-0.1, -0.05) is 29.8 Å². The first-order valence-corrected chi connectivity index (χ1v) is 11.1. The van der Waals surface area contributed by atoms with E-state index in [-0.39, 0.29) is 11.7 Å². The minimum absolute atomic E-state index is 0.180. The van der Waals surface area contributed by atoms with E-state index in [1.54, 1.807) is 54.4 Å². The zero-order valence-corrected chi connectivity index (χ0v) is 18.2. The number of nitrogens with one attached hydrogen (secondary N) is 1. The fourth-order valence-corrected chi connectivity index (χ4v) is 3.90. The maximum absolute atomic E-state index is 13.2. The van der Waals surface area contributed by atoms with Gasteiger partial charge in [0.1, 0.15) is 5.75 Å². The molecule has 1 amide bonds. The van der Waals surface area contributed by atoms with Crippen LogP contribution in [0.25, 0.3) is 22.4 Å². The molecule has 0 bridgehead atoms. The minimum atomic E-state index is -0.231. The summed E-state index contributed by atoms with van der Waals surface area (Å²) in [4.78, 5) is 18.6. The van der Waals surface area contributed by atoms with Crippen molar-refractivity contribution in [3.05, 3.63) is 95.6 Å². The summed E-state index contributed by atoms with van der Waals surface area (Å²) in [7, 11) is 0. The lowest BCUT2D eigenvalue weighted by Gasteiger charge is -2.13. The highest BCUT2D eigenvalue weighted by atomic mass is 35.5. The molecule has 3 aromatic carbocycles. The Bertz CT molecular complexity index is 1230. The van der Waals surface area contributed by atoms with E-state index in [4.69, 9.17) is 11.6 Å². The number of halogens is 1. The number of hydrogen-bond acceptors (Lipinski definition) is 4. The Kier molecular flexibility index (Phi) is 6.26.